The quantitative estimate of drug-likeness (QED) is 0.667. The van der Waals surface area contributed by atoms with E-state index in [1.807, 2.05) is 31.3 Å². The van der Waals surface area contributed by atoms with E-state index in [-0.39, 0.29) is 5.91 Å². The van der Waals surface area contributed by atoms with Crippen molar-refractivity contribution in [1.29, 1.82) is 0 Å². The largest absolute Gasteiger partial charge is 0.337 e. The lowest BCUT2D eigenvalue weighted by atomic mass is 10.1. The zero-order valence-corrected chi connectivity index (χ0v) is 16.0. The Kier molecular flexibility index (Phi) is 5.43. The number of hydrogen-bond acceptors (Lipinski definition) is 2. The van der Waals surface area contributed by atoms with Gasteiger partial charge in [0, 0.05) is 24.8 Å². The Labute approximate surface area is 159 Å². The first-order valence-corrected chi connectivity index (χ1v) is 8.89. The second kappa shape index (κ2) is 7.75. The molecule has 0 bridgehead atoms. The van der Waals surface area contributed by atoms with Gasteiger partial charge in [-0.2, -0.15) is 5.10 Å². The highest BCUT2D eigenvalue weighted by atomic mass is 35.5. The number of carbonyl (C=O) groups is 1. The van der Waals surface area contributed by atoms with E-state index < -0.39 is 0 Å². The van der Waals surface area contributed by atoms with Crippen LogP contribution in [-0.2, 0) is 13.1 Å². The minimum atomic E-state index is -0.0459. The molecule has 1 aromatic heterocycles. The van der Waals surface area contributed by atoms with Crippen molar-refractivity contribution < 1.29 is 4.79 Å². The molecule has 4 nitrogen and oxygen atoms in total. The van der Waals surface area contributed by atoms with Gasteiger partial charge in [-0.15, -0.1) is 0 Å². The third kappa shape index (κ3) is 4.14. The van der Waals surface area contributed by atoms with Gasteiger partial charge in [-0.1, -0.05) is 53.6 Å². The Morgan fingerprint density at radius 1 is 1.15 bits per heavy atom. The topological polar surface area (TPSA) is 38.1 Å². The van der Waals surface area contributed by atoms with Crippen LogP contribution in [-0.4, -0.2) is 27.6 Å². The van der Waals surface area contributed by atoms with Gasteiger partial charge in [-0.25, -0.2) is 0 Å². The van der Waals surface area contributed by atoms with Crippen molar-refractivity contribution in [3.05, 3.63) is 87.7 Å². The minimum absolute atomic E-state index is 0.0459. The number of benzene rings is 2. The highest BCUT2D eigenvalue weighted by molar-refractivity contribution is 6.31. The predicted molar refractivity (Wildman–Crippen MR) is 104 cm³/mol. The van der Waals surface area contributed by atoms with Gasteiger partial charge < -0.3 is 4.90 Å². The van der Waals surface area contributed by atoms with Crippen molar-refractivity contribution in [3.63, 3.8) is 0 Å². The fourth-order valence-corrected chi connectivity index (χ4v) is 3.13. The fourth-order valence-electron chi connectivity index (χ4n) is 2.93. The molecule has 1 heterocycles. The lowest BCUT2D eigenvalue weighted by Gasteiger charge is -2.18. The van der Waals surface area contributed by atoms with Crippen LogP contribution in [0.5, 0.6) is 0 Å². The van der Waals surface area contributed by atoms with Gasteiger partial charge in [0.15, 0.2) is 0 Å². The summed E-state index contributed by atoms with van der Waals surface area (Å²) in [5.41, 5.74) is 5.11. The first-order chi connectivity index (χ1) is 12.4. The van der Waals surface area contributed by atoms with Gasteiger partial charge in [0.1, 0.15) is 0 Å². The second-order valence-corrected chi connectivity index (χ2v) is 7.02. The van der Waals surface area contributed by atoms with E-state index in [0.29, 0.717) is 23.7 Å². The molecular formula is C21H22ClN3O. The lowest BCUT2D eigenvalue weighted by molar-refractivity contribution is 0.0785. The standard InChI is InChI=1S/C21H22ClN3O/c1-15-8-9-17(16(2)10-15)12-24(3)21(26)19-11-23-25(14-19)13-18-6-4-5-7-20(18)22/h4-11,14H,12-13H2,1-3H3. The molecule has 1 amide bonds. The lowest BCUT2D eigenvalue weighted by Crippen LogP contribution is -2.26. The molecule has 0 fully saturated rings. The highest BCUT2D eigenvalue weighted by Crippen LogP contribution is 2.17. The van der Waals surface area contributed by atoms with E-state index in [4.69, 9.17) is 11.6 Å². The van der Waals surface area contributed by atoms with Crippen LogP contribution in [0.25, 0.3) is 0 Å². The highest BCUT2D eigenvalue weighted by Gasteiger charge is 2.15. The maximum absolute atomic E-state index is 12.7. The molecular weight excluding hydrogens is 346 g/mol. The molecule has 134 valence electrons. The summed E-state index contributed by atoms with van der Waals surface area (Å²) < 4.78 is 1.74. The van der Waals surface area contributed by atoms with Crippen LogP contribution in [0.3, 0.4) is 0 Å². The number of carbonyl (C=O) groups excluding carboxylic acids is 1. The summed E-state index contributed by atoms with van der Waals surface area (Å²) in [5.74, 6) is -0.0459. The summed E-state index contributed by atoms with van der Waals surface area (Å²) in [5, 5.41) is 5.00. The zero-order valence-electron chi connectivity index (χ0n) is 15.2. The second-order valence-electron chi connectivity index (χ2n) is 6.61. The van der Waals surface area contributed by atoms with Gasteiger partial charge >= 0.3 is 0 Å². The molecule has 0 unspecified atom stereocenters. The normalized spacial score (nSPS) is 10.8. The van der Waals surface area contributed by atoms with Crippen molar-refractivity contribution in [2.24, 2.45) is 0 Å². The number of aromatic nitrogens is 2. The Bertz CT molecular complexity index is 933. The summed E-state index contributed by atoms with van der Waals surface area (Å²) in [7, 11) is 1.81. The zero-order chi connectivity index (χ0) is 18.7. The van der Waals surface area contributed by atoms with Crippen molar-refractivity contribution in [2.45, 2.75) is 26.9 Å². The summed E-state index contributed by atoms with van der Waals surface area (Å²) in [6, 6.07) is 13.9. The molecule has 0 aliphatic carbocycles. The number of aryl methyl sites for hydroxylation is 2. The summed E-state index contributed by atoms with van der Waals surface area (Å²) in [6.45, 7) is 5.25. The first-order valence-electron chi connectivity index (χ1n) is 8.51. The molecule has 0 aliphatic rings. The maximum atomic E-state index is 12.7. The van der Waals surface area contributed by atoms with Crippen LogP contribution in [0, 0.1) is 13.8 Å². The number of amides is 1. The van der Waals surface area contributed by atoms with Crippen LogP contribution >= 0.6 is 11.6 Å². The van der Waals surface area contributed by atoms with Crippen LogP contribution in [0.15, 0.2) is 54.9 Å². The van der Waals surface area contributed by atoms with Crippen molar-refractivity contribution >= 4 is 17.5 Å². The third-order valence-electron chi connectivity index (χ3n) is 4.42. The Morgan fingerprint density at radius 3 is 2.65 bits per heavy atom. The molecule has 0 aliphatic heterocycles. The molecule has 0 atom stereocenters. The molecule has 3 rings (SSSR count). The van der Waals surface area contributed by atoms with E-state index in [2.05, 4.69) is 37.1 Å². The van der Waals surface area contributed by atoms with Crippen LogP contribution < -0.4 is 0 Å². The summed E-state index contributed by atoms with van der Waals surface area (Å²) in [4.78, 5) is 14.4. The van der Waals surface area contributed by atoms with Crippen LogP contribution in [0.4, 0.5) is 0 Å². The molecule has 0 saturated carbocycles. The Hall–Kier alpha value is -2.59. The van der Waals surface area contributed by atoms with Gasteiger partial charge in [0.05, 0.1) is 18.3 Å². The average Bonchev–Trinajstić information content (AvgIpc) is 3.07. The minimum Gasteiger partial charge on any atom is -0.337 e. The van der Waals surface area contributed by atoms with Gasteiger partial charge in [-0.05, 0) is 36.6 Å². The molecule has 3 aromatic rings. The van der Waals surface area contributed by atoms with E-state index in [1.165, 1.54) is 11.1 Å². The molecule has 2 aromatic carbocycles. The van der Waals surface area contributed by atoms with E-state index in [0.717, 1.165) is 11.1 Å². The fraction of sp³-hybridized carbons (Fsp3) is 0.238. The Morgan fingerprint density at radius 2 is 1.92 bits per heavy atom. The molecule has 0 radical (unpaired) electrons. The number of halogens is 1. The third-order valence-corrected chi connectivity index (χ3v) is 4.79. The van der Waals surface area contributed by atoms with Gasteiger partial charge in [-0.3, -0.25) is 9.48 Å². The van der Waals surface area contributed by atoms with E-state index in [1.54, 1.807) is 22.0 Å². The van der Waals surface area contributed by atoms with Crippen molar-refractivity contribution in [3.8, 4) is 0 Å². The molecule has 0 N–H and O–H groups in total. The Balaban J connectivity index is 1.70. The number of rotatable bonds is 5. The smallest absolute Gasteiger partial charge is 0.257 e. The summed E-state index contributed by atoms with van der Waals surface area (Å²) in [6.07, 6.45) is 3.38. The van der Waals surface area contributed by atoms with Crippen molar-refractivity contribution in [1.82, 2.24) is 14.7 Å². The van der Waals surface area contributed by atoms with Gasteiger partial charge in [0.25, 0.3) is 5.91 Å². The molecule has 5 heteroatoms. The summed E-state index contributed by atoms with van der Waals surface area (Å²) >= 11 is 6.19. The van der Waals surface area contributed by atoms with E-state index >= 15 is 0 Å². The molecule has 26 heavy (non-hydrogen) atoms. The monoisotopic (exact) mass is 367 g/mol. The number of hydrogen-bond donors (Lipinski definition) is 0. The number of nitrogens with zero attached hydrogens (tertiary/aromatic N) is 3. The van der Waals surface area contributed by atoms with Crippen LogP contribution in [0.1, 0.15) is 32.6 Å². The van der Waals surface area contributed by atoms with Crippen molar-refractivity contribution in [2.75, 3.05) is 7.05 Å². The molecule has 0 saturated heterocycles. The first kappa shape index (κ1) is 18.2. The van der Waals surface area contributed by atoms with Gasteiger partial charge in [0.2, 0.25) is 0 Å². The maximum Gasteiger partial charge on any atom is 0.257 e. The average molecular weight is 368 g/mol. The predicted octanol–water partition coefficient (Wildman–Crippen LogP) is 4.47. The van der Waals surface area contributed by atoms with Crippen LogP contribution in [0.2, 0.25) is 5.02 Å². The SMILES string of the molecule is Cc1ccc(CN(C)C(=O)c2cnn(Cc3ccccc3Cl)c2)c(C)c1. The van der Waals surface area contributed by atoms with E-state index in [9.17, 15) is 4.79 Å². The molecule has 0 spiro atoms.